The molecule has 0 aliphatic heterocycles. The van der Waals surface area contributed by atoms with Crippen LogP contribution in [-0.4, -0.2) is 9.78 Å². The molecule has 0 spiro atoms. The van der Waals surface area contributed by atoms with E-state index in [-0.39, 0.29) is 12.1 Å². The molecule has 0 atom stereocenters. The Balaban J connectivity index is 2.70. The minimum atomic E-state index is -0.115. The van der Waals surface area contributed by atoms with Crippen molar-refractivity contribution in [2.75, 3.05) is 0 Å². The maximum atomic E-state index is 12.1. The van der Waals surface area contributed by atoms with Gasteiger partial charge in [0.15, 0.2) is 0 Å². The van der Waals surface area contributed by atoms with Crippen LogP contribution in [0.2, 0.25) is 5.02 Å². The standard InChI is InChI=1S/C12H14ClN3O/c1-7-10(13)4-3-5-11(7)16-12(17)9(6-14)8(2)15-16/h3-5,15H,6,14H2,1-2H3. The summed E-state index contributed by atoms with van der Waals surface area (Å²) in [5.41, 5.74) is 8.44. The van der Waals surface area contributed by atoms with Gasteiger partial charge in [-0.25, -0.2) is 4.68 Å². The lowest BCUT2D eigenvalue weighted by atomic mass is 10.2. The number of H-pyrrole nitrogens is 1. The lowest BCUT2D eigenvalue weighted by molar-refractivity contribution is 0.828. The van der Waals surface area contributed by atoms with Crippen LogP contribution in [0.3, 0.4) is 0 Å². The van der Waals surface area contributed by atoms with E-state index < -0.39 is 0 Å². The second-order valence-corrected chi connectivity index (χ2v) is 4.35. The van der Waals surface area contributed by atoms with Crippen molar-refractivity contribution in [1.29, 1.82) is 0 Å². The summed E-state index contributed by atoms with van der Waals surface area (Å²) in [5, 5.41) is 3.65. The first-order valence-electron chi connectivity index (χ1n) is 5.32. The van der Waals surface area contributed by atoms with Crippen molar-refractivity contribution in [1.82, 2.24) is 9.78 Å². The average molecular weight is 252 g/mol. The summed E-state index contributed by atoms with van der Waals surface area (Å²) in [5.74, 6) is 0. The number of halogens is 1. The predicted octanol–water partition coefficient (Wildman–Crippen LogP) is 1.89. The zero-order valence-electron chi connectivity index (χ0n) is 9.75. The number of benzene rings is 1. The molecule has 1 aromatic heterocycles. The van der Waals surface area contributed by atoms with Crippen LogP contribution in [0, 0.1) is 13.8 Å². The SMILES string of the molecule is Cc1[nH]n(-c2cccc(Cl)c2C)c(=O)c1CN. The van der Waals surface area contributed by atoms with Gasteiger partial charge in [-0.05, 0) is 31.5 Å². The molecule has 0 radical (unpaired) electrons. The largest absolute Gasteiger partial charge is 0.326 e. The molecular weight excluding hydrogens is 238 g/mol. The van der Waals surface area contributed by atoms with E-state index in [2.05, 4.69) is 5.10 Å². The lowest BCUT2D eigenvalue weighted by Gasteiger charge is -2.07. The van der Waals surface area contributed by atoms with Crippen molar-refractivity contribution in [3.63, 3.8) is 0 Å². The topological polar surface area (TPSA) is 63.8 Å². The van der Waals surface area contributed by atoms with Gasteiger partial charge in [0.05, 0.1) is 11.3 Å². The smallest absolute Gasteiger partial charge is 0.275 e. The van der Waals surface area contributed by atoms with Crippen molar-refractivity contribution in [3.8, 4) is 5.69 Å². The van der Waals surface area contributed by atoms with Crippen molar-refractivity contribution in [2.24, 2.45) is 5.73 Å². The predicted molar refractivity (Wildman–Crippen MR) is 68.8 cm³/mol. The molecule has 4 nitrogen and oxygen atoms in total. The third-order valence-corrected chi connectivity index (χ3v) is 3.29. The Morgan fingerprint density at radius 3 is 2.71 bits per heavy atom. The van der Waals surface area contributed by atoms with Gasteiger partial charge < -0.3 is 5.73 Å². The van der Waals surface area contributed by atoms with Crippen LogP contribution in [-0.2, 0) is 6.54 Å². The summed E-state index contributed by atoms with van der Waals surface area (Å²) < 4.78 is 1.48. The highest BCUT2D eigenvalue weighted by Gasteiger charge is 2.12. The number of nitrogens with zero attached hydrogens (tertiary/aromatic N) is 1. The van der Waals surface area contributed by atoms with E-state index in [9.17, 15) is 4.79 Å². The van der Waals surface area contributed by atoms with E-state index in [1.807, 2.05) is 26.0 Å². The fourth-order valence-corrected chi connectivity index (χ4v) is 2.00. The highest BCUT2D eigenvalue weighted by Crippen LogP contribution is 2.21. The molecule has 0 saturated heterocycles. The second-order valence-electron chi connectivity index (χ2n) is 3.94. The zero-order valence-corrected chi connectivity index (χ0v) is 10.5. The Labute approximate surface area is 104 Å². The van der Waals surface area contributed by atoms with Gasteiger partial charge in [0.1, 0.15) is 0 Å². The molecule has 90 valence electrons. The van der Waals surface area contributed by atoms with Crippen LogP contribution < -0.4 is 11.3 Å². The summed E-state index contributed by atoms with van der Waals surface area (Å²) >= 11 is 6.04. The minimum absolute atomic E-state index is 0.115. The monoisotopic (exact) mass is 251 g/mol. The molecule has 0 saturated carbocycles. The van der Waals surface area contributed by atoms with Crippen LogP contribution in [0.5, 0.6) is 0 Å². The van der Waals surface area contributed by atoms with E-state index in [4.69, 9.17) is 17.3 Å². The number of aromatic amines is 1. The molecule has 0 fully saturated rings. The highest BCUT2D eigenvalue weighted by atomic mass is 35.5. The lowest BCUT2D eigenvalue weighted by Crippen LogP contribution is -2.19. The normalized spacial score (nSPS) is 10.8. The maximum Gasteiger partial charge on any atom is 0.275 e. The van der Waals surface area contributed by atoms with Gasteiger partial charge in [0, 0.05) is 17.3 Å². The molecule has 2 rings (SSSR count). The molecule has 0 aliphatic rings. The second kappa shape index (κ2) is 4.39. The molecule has 0 unspecified atom stereocenters. The van der Waals surface area contributed by atoms with Crippen LogP contribution >= 0.6 is 11.6 Å². The number of nitrogens with two attached hydrogens (primary N) is 1. The third kappa shape index (κ3) is 1.90. The molecule has 1 aromatic carbocycles. The Kier molecular flexibility index (Phi) is 3.09. The molecule has 17 heavy (non-hydrogen) atoms. The van der Waals surface area contributed by atoms with Crippen LogP contribution in [0.15, 0.2) is 23.0 Å². The molecular formula is C12H14ClN3O. The number of hydrogen-bond donors (Lipinski definition) is 2. The summed E-state index contributed by atoms with van der Waals surface area (Å²) in [4.78, 5) is 12.1. The fourth-order valence-electron chi connectivity index (χ4n) is 1.83. The number of aromatic nitrogens is 2. The first-order valence-corrected chi connectivity index (χ1v) is 5.70. The molecule has 3 N–H and O–H groups in total. The van der Waals surface area contributed by atoms with Gasteiger partial charge in [0.2, 0.25) is 0 Å². The van der Waals surface area contributed by atoms with Crippen LogP contribution in [0.4, 0.5) is 0 Å². The summed E-state index contributed by atoms with van der Waals surface area (Å²) in [6.07, 6.45) is 0. The average Bonchev–Trinajstić information content (AvgIpc) is 2.58. The molecule has 1 heterocycles. The van der Waals surface area contributed by atoms with Gasteiger partial charge in [-0.3, -0.25) is 9.89 Å². The van der Waals surface area contributed by atoms with E-state index in [0.29, 0.717) is 10.6 Å². The summed E-state index contributed by atoms with van der Waals surface area (Å²) in [7, 11) is 0. The van der Waals surface area contributed by atoms with Gasteiger partial charge in [-0.2, -0.15) is 0 Å². The summed E-state index contributed by atoms with van der Waals surface area (Å²) in [6.45, 7) is 3.94. The first kappa shape index (κ1) is 12.0. The Morgan fingerprint density at radius 2 is 2.12 bits per heavy atom. The first-order chi connectivity index (χ1) is 8.06. The van der Waals surface area contributed by atoms with Crippen LogP contribution in [0.1, 0.15) is 16.8 Å². The van der Waals surface area contributed by atoms with E-state index in [1.54, 1.807) is 6.07 Å². The molecule has 0 aliphatic carbocycles. The molecule has 5 heteroatoms. The van der Waals surface area contributed by atoms with Crippen molar-refractivity contribution < 1.29 is 0 Å². The number of nitrogens with one attached hydrogen (secondary N) is 1. The summed E-state index contributed by atoms with van der Waals surface area (Å²) in [6, 6.07) is 5.46. The Morgan fingerprint density at radius 1 is 1.41 bits per heavy atom. The highest BCUT2D eigenvalue weighted by molar-refractivity contribution is 6.31. The third-order valence-electron chi connectivity index (χ3n) is 2.88. The molecule has 0 bridgehead atoms. The molecule has 0 amide bonds. The van der Waals surface area contributed by atoms with E-state index in [1.165, 1.54) is 4.68 Å². The van der Waals surface area contributed by atoms with Crippen molar-refractivity contribution in [3.05, 3.63) is 50.4 Å². The van der Waals surface area contributed by atoms with Crippen molar-refractivity contribution >= 4 is 11.6 Å². The number of aryl methyl sites for hydroxylation is 1. The number of rotatable bonds is 2. The quantitative estimate of drug-likeness (QED) is 0.856. The van der Waals surface area contributed by atoms with E-state index >= 15 is 0 Å². The van der Waals surface area contributed by atoms with Gasteiger partial charge in [-0.1, -0.05) is 17.7 Å². The number of hydrogen-bond acceptors (Lipinski definition) is 2. The van der Waals surface area contributed by atoms with Gasteiger partial charge >= 0.3 is 0 Å². The van der Waals surface area contributed by atoms with Crippen molar-refractivity contribution in [2.45, 2.75) is 20.4 Å². The van der Waals surface area contributed by atoms with Gasteiger partial charge in [0.25, 0.3) is 5.56 Å². The van der Waals surface area contributed by atoms with Gasteiger partial charge in [-0.15, -0.1) is 0 Å². The Bertz CT molecular complexity index is 613. The maximum absolute atomic E-state index is 12.1. The fraction of sp³-hybridized carbons (Fsp3) is 0.250. The Hall–Kier alpha value is -1.52. The van der Waals surface area contributed by atoms with Crippen LogP contribution in [0.25, 0.3) is 5.69 Å². The zero-order chi connectivity index (χ0) is 12.6. The molecule has 2 aromatic rings. The van der Waals surface area contributed by atoms with E-state index in [0.717, 1.165) is 16.9 Å². The minimum Gasteiger partial charge on any atom is -0.326 e.